The molecule has 4 aromatic heterocycles. The van der Waals surface area contributed by atoms with Crippen LogP contribution >= 0.6 is 38.5 Å². The number of thiol groups is 2. The zero-order chi connectivity index (χ0) is 33.6. The predicted molar refractivity (Wildman–Crippen MR) is 172 cm³/mol. The third-order valence-corrected chi connectivity index (χ3v) is 10.2. The molecule has 0 spiro atoms. The summed E-state index contributed by atoms with van der Waals surface area (Å²) < 4.78 is 87.7. The van der Waals surface area contributed by atoms with Crippen LogP contribution in [-0.4, -0.2) is 107 Å². The molecule has 2 saturated heterocycles. The van der Waals surface area contributed by atoms with Crippen LogP contribution < -0.4 is 10.6 Å². The highest BCUT2D eigenvalue weighted by atomic mass is 32.7. The van der Waals surface area contributed by atoms with Gasteiger partial charge in [-0.3, -0.25) is 22.7 Å². The van der Waals surface area contributed by atoms with E-state index in [-0.39, 0.29) is 11.3 Å². The van der Waals surface area contributed by atoms with Crippen LogP contribution in [0, 0.1) is 0 Å². The van der Waals surface area contributed by atoms with Crippen molar-refractivity contribution in [2.45, 2.75) is 49.2 Å². The zero-order valence-corrected chi connectivity index (χ0v) is 28.1. The Balaban J connectivity index is 1.23. The molecule has 4 aromatic rings. The van der Waals surface area contributed by atoms with Crippen molar-refractivity contribution in [2.24, 2.45) is 0 Å². The molecule has 18 nitrogen and oxygen atoms in total. The van der Waals surface area contributed by atoms with E-state index in [9.17, 15) is 14.2 Å². The zero-order valence-electron chi connectivity index (χ0n) is 24.4. The SMILES string of the molecule is O=[PH](S)O[C@H]1[C@@H](F)[C@H]2O[C@@H]1CO[P@](=O)(S)O[C@H]1[C@@H](F)[C@@H](O[C@@H]1CO)n1cnc3c(ncnc31)NC/C=C/CNc1ncnc3c1ncn32. The van der Waals surface area contributed by atoms with E-state index in [0.717, 1.165) is 0 Å². The maximum atomic E-state index is 16.0. The van der Waals surface area contributed by atoms with Gasteiger partial charge < -0.3 is 29.7 Å². The maximum absolute atomic E-state index is 16.0. The summed E-state index contributed by atoms with van der Waals surface area (Å²) in [5, 5.41) is 16.2. The summed E-state index contributed by atoms with van der Waals surface area (Å²) in [4.78, 5) is 25.6. The summed E-state index contributed by atoms with van der Waals surface area (Å²) in [7, 11) is -3.00. The van der Waals surface area contributed by atoms with Crippen LogP contribution in [0.4, 0.5) is 20.4 Å². The number of nitrogens with one attached hydrogen (secondary N) is 2. The molecule has 10 atom stereocenters. The van der Waals surface area contributed by atoms with E-state index in [4.69, 9.17) is 23.0 Å². The van der Waals surface area contributed by atoms with Crippen LogP contribution in [0.1, 0.15) is 12.5 Å². The molecule has 7 rings (SSSR count). The molecular weight excluding hydrogens is 720 g/mol. The van der Waals surface area contributed by atoms with Crippen LogP contribution in [0.2, 0.25) is 0 Å². The number of halogens is 2. The van der Waals surface area contributed by atoms with Gasteiger partial charge in [0.1, 0.15) is 37.1 Å². The standard InChI is InChI=1S/C24H28F2N10O8P2S2/c25-13-17(43-45(38)47)12-6-40-46(39,48)44-18-11(5-37)41-24(14(18)26)36-10-34-16-20(30-8-32-22(16)36)28-4-2-1-3-27-19-15-21(31-7-29-19)35(9-33-15)23(13)42-12/h1-2,7-14,17-18,23-24,37,45H,3-6H2,(H,38,47)(H,39,48)(H,27,29,31)(H,28,30,32)/b2-1+/t11-,12-,13-,14-,17-,18-,23-,24-,46+/m1/s1. The largest absolute Gasteiger partial charge is 0.394 e. The summed E-state index contributed by atoms with van der Waals surface area (Å²) in [6, 6.07) is 0. The van der Waals surface area contributed by atoms with Gasteiger partial charge in [-0.25, -0.2) is 43.2 Å². The minimum Gasteiger partial charge on any atom is -0.394 e. The molecule has 12 bridgehead atoms. The maximum Gasteiger partial charge on any atom is 0.386 e. The average molecular weight is 749 g/mol. The third-order valence-electron chi connectivity index (χ3n) is 7.81. The second kappa shape index (κ2) is 13.9. The van der Waals surface area contributed by atoms with Gasteiger partial charge in [0.2, 0.25) is 7.23 Å². The van der Waals surface area contributed by atoms with Crippen molar-refractivity contribution in [3.63, 3.8) is 0 Å². The monoisotopic (exact) mass is 748 g/mol. The number of rotatable bonds is 3. The van der Waals surface area contributed by atoms with Crippen molar-refractivity contribution in [3.05, 3.63) is 37.5 Å². The average Bonchev–Trinajstić information content (AvgIpc) is 3.82. The van der Waals surface area contributed by atoms with E-state index in [0.29, 0.717) is 35.8 Å². The van der Waals surface area contributed by atoms with Crippen LogP contribution in [0.15, 0.2) is 37.5 Å². The predicted octanol–water partition coefficient (Wildman–Crippen LogP) is 2.67. The molecule has 2 fully saturated rings. The summed E-state index contributed by atoms with van der Waals surface area (Å²) in [5.41, 5.74) is 1.08. The van der Waals surface area contributed by atoms with Gasteiger partial charge in [-0.15, -0.1) is 0 Å². The van der Waals surface area contributed by atoms with Crippen molar-refractivity contribution < 1.29 is 46.1 Å². The Bertz CT molecular complexity index is 1910. The van der Waals surface area contributed by atoms with Gasteiger partial charge in [0.05, 0.1) is 25.9 Å². The Morgan fingerprint density at radius 2 is 1.54 bits per heavy atom. The van der Waals surface area contributed by atoms with Crippen molar-refractivity contribution in [1.29, 1.82) is 0 Å². The smallest absolute Gasteiger partial charge is 0.386 e. The number of anilines is 2. The molecule has 0 amide bonds. The second-order valence-corrected chi connectivity index (χ2v) is 15.4. The Labute approximate surface area is 280 Å². The number of fused-ring (bicyclic) bond motifs is 6. The quantitative estimate of drug-likeness (QED) is 0.116. The van der Waals surface area contributed by atoms with Gasteiger partial charge in [-0.05, 0) is 0 Å². The molecular formula is C24H28F2N10O8P2S2. The molecule has 48 heavy (non-hydrogen) atoms. The highest BCUT2D eigenvalue weighted by Crippen LogP contribution is 2.57. The molecule has 7 heterocycles. The lowest BCUT2D eigenvalue weighted by molar-refractivity contribution is -0.0487. The number of hydrogen-bond donors (Lipinski definition) is 5. The van der Waals surface area contributed by atoms with Crippen LogP contribution in [0.25, 0.3) is 22.3 Å². The van der Waals surface area contributed by atoms with Crippen molar-refractivity contribution in [1.82, 2.24) is 39.0 Å². The summed E-state index contributed by atoms with van der Waals surface area (Å²) in [6.07, 6.45) is -3.69. The number of aliphatic hydroxyl groups excluding tert-OH is 1. The minimum atomic E-state index is -4.46. The van der Waals surface area contributed by atoms with Crippen LogP contribution in [-0.2, 0) is 32.2 Å². The van der Waals surface area contributed by atoms with Gasteiger partial charge >= 0.3 is 6.80 Å². The lowest BCUT2D eigenvalue weighted by Crippen LogP contribution is -2.34. The van der Waals surface area contributed by atoms with Crippen LogP contribution in [0.5, 0.6) is 0 Å². The number of imidazole rings is 2. The number of hydrogen-bond acceptors (Lipinski definition) is 16. The van der Waals surface area contributed by atoms with Gasteiger partial charge in [0, 0.05) is 13.1 Å². The fraction of sp³-hybridized carbons (Fsp3) is 0.500. The Hall–Kier alpha value is -2.78. The molecule has 0 radical (unpaired) electrons. The lowest BCUT2D eigenvalue weighted by atomic mass is 10.1. The number of alkyl halides is 2. The highest BCUT2D eigenvalue weighted by Gasteiger charge is 2.52. The fourth-order valence-electron chi connectivity index (χ4n) is 5.66. The first-order valence-corrected chi connectivity index (χ1v) is 19.7. The van der Waals surface area contributed by atoms with Crippen molar-refractivity contribution >= 4 is 72.5 Å². The molecule has 0 aliphatic carbocycles. The fourth-order valence-corrected chi connectivity index (χ4v) is 8.03. The number of ether oxygens (including phenoxy) is 2. The van der Waals surface area contributed by atoms with Crippen LogP contribution in [0.3, 0.4) is 0 Å². The highest BCUT2D eigenvalue weighted by molar-refractivity contribution is 8.44. The molecule has 258 valence electrons. The summed E-state index contributed by atoms with van der Waals surface area (Å²) >= 11 is 7.79. The second-order valence-electron chi connectivity index (χ2n) is 10.7. The normalized spacial score (nSPS) is 34.2. The topological polar surface area (TPSA) is 212 Å². The van der Waals surface area contributed by atoms with Gasteiger partial charge in [-0.1, -0.05) is 36.6 Å². The molecule has 1 unspecified atom stereocenters. The van der Waals surface area contributed by atoms with Gasteiger partial charge in [-0.2, -0.15) is 0 Å². The first-order chi connectivity index (χ1) is 23.1. The molecule has 0 aromatic carbocycles. The van der Waals surface area contributed by atoms with Gasteiger partial charge in [0.15, 0.2) is 58.8 Å². The number of nitrogens with zero attached hydrogens (tertiary/aromatic N) is 8. The number of aromatic nitrogens is 8. The third kappa shape index (κ3) is 6.46. The van der Waals surface area contributed by atoms with Crippen molar-refractivity contribution in [3.8, 4) is 0 Å². The Morgan fingerprint density at radius 3 is 2.10 bits per heavy atom. The molecule has 0 saturated carbocycles. The number of aliphatic hydroxyl groups is 1. The Morgan fingerprint density at radius 1 is 0.958 bits per heavy atom. The molecule has 3 aliphatic heterocycles. The van der Waals surface area contributed by atoms with Crippen molar-refractivity contribution in [2.75, 3.05) is 36.9 Å². The van der Waals surface area contributed by atoms with E-state index >= 15 is 8.78 Å². The van der Waals surface area contributed by atoms with E-state index in [1.165, 1.54) is 34.4 Å². The van der Waals surface area contributed by atoms with E-state index in [1.807, 2.05) is 12.2 Å². The van der Waals surface area contributed by atoms with E-state index in [1.54, 1.807) is 0 Å². The first-order valence-electron chi connectivity index (χ1n) is 14.4. The van der Waals surface area contributed by atoms with Gasteiger partial charge in [0.25, 0.3) is 0 Å². The summed E-state index contributed by atoms with van der Waals surface area (Å²) in [6.45, 7) is -5.15. The summed E-state index contributed by atoms with van der Waals surface area (Å²) in [5.74, 6) is 0.739. The van der Waals surface area contributed by atoms with E-state index in [2.05, 4.69) is 65.0 Å². The molecule has 3 aliphatic rings. The molecule has 3 N–H and O–H groups in total. The lowest BCUT2D eigenvalue weighted by Gasteiger charge is -2.24. The Kier molecular flexibility index (Phi) is 9.73. The minimum absolute atomic E-state index is 0.217. The first kappa shape index (κ1) is 33.7. The van der Waals surface area contributed by atoms with E-state index < -0.39 is 76.5 Å². The molecule has 24 heteroatoms.